The van der Waals surface area contributed by atoms with Gasteiger partial charge in [-0.3, -0.25) is 4.79 Å². The molecule has 1 fully saturated rings. The Morgan fingerprint density at radius 1 is 1.32 bits per heavy atom. The third kappa shape index (κ3) is 2.18. The SMILES string of the molecule is O=c1[nH]c2ncc(F)c(F)c2cc1[C@@H]1O[C@H](CO)C(O)C1O. The van der Waals surface area contributed by atoms with Crippen molar-refractivity contribution in [1.82, 2.24) is 9.97 Å². The summed E-state index contributed by atoms with van der Waals surface area (Å²) >= 11 is 0. The van der Waals surface area contributed by atoms with E-state index in [4.69, 9.17) is 9.84 Å². The molecule has 1 saturated heterocycles. The average molecular weight is 314 g/mol. The van der Waals surface area contributed by atoms with E-state index in [-0.39, 0.29) is 16.6 Å². The first-order valence-electron chi connectivity index (χ1n) is 6.43. The van der Waals surface area contributed by atoms with Gasteiger partial charge in [0.2, 0.25) is 0 Å². The van der Waals surface area contributed by atoms with E-state index in [1.54, 1.807) is 0 Å². The number of hydrogen-bond acceptors (Lipinski definition) is 6. The minimum absolute atomic E-state index is 0.153. The molecular weight excluding hydrogens is 302 g/mol. The van der Waals surface area contributed by atoms with Crippen LogP contribution in [-0.4, -0.2) is 50.2 Å². The Morgan fingerprint density at radius 2 is 2.05 bits per heavy atom. The molecule has 22 heavy (non-hydrogen) atoms. The normalized spacial score (nSPS) is 28.4. The first-order valence-corrected chi connectivity index (χ1v) is 6.43. The highest BCUT2D eigenvalue weighted by Crippen LogP contribution is 2.32. The molecule has 0 amide bonds. The number of rotatable bonds is 2. The fraction of sp³-hybridized carbons (Fsp3) is 0.385. The monoisotopic (exact) mass is 314 g/mol. The predicted molar refractivity (Wildman–Crippen MR) is 69.0 cm³/mol. The van der Waals surface area contributed by atoms with Crippen LogP contribution in [0.5, 0.6) is 0 Å². The Kier molecular flexibility index (Phi) is 3.65. The number of aliphatic hydroxyl groups is 3. The Balaban J connectivity index is 2.13. The van der Waals surface area contributed by atoms with Gasteiger partial charge in [0, 0.05) is 5.56 Å². The summed E-state index contributed by atoms with van der Waals surface area (Å²) in [5.41, 5.74) is -1.07. The lowest BCUT2D eigenvalue weighted by Crippen LogP contribution is -2.33. The molecule has 2 aromatic heterocycles. The molecule has 4 atom stereocenters. The number of halogens is 2. The van der Waals surface area contributed by atoms with Crippen LogP contribution in [-0.2, 0) is 4.74 Å². The van der Waals surface area contributed by atoms with Gasteiger partial charge in [-0.1, -0.05) is 0 Å². The van der Waals surface area contributed by atoms with Crippen LogP contribution in [0, 0.1) is 11.6 Å². The quantitative estimate of drug-likeness (QED) is 0.586. The molecule has 1 aliphatic rings. The van der Waals surface area contributed by atoms with Gasteiger partial charge < -0.3 is 25.0 Å². The van der Waals surface area contributed by atoms with Crippen LogP contribution >= 0.6 is 0 Å². The summed E-state index contributed by atoms with van der Waals surface area (Å²) in [6, 6.07) is 1.01. The molecule has 7 nitrogen and oxygen atoms in total. The maximum absolute atomic E-state index is 13.8. The highest BCUT2D eigenvalue weighted by atomic mass is 19.2. The number of ether oxygens (including phenoxy) is 1. The van der Waals surface area contributed by atoms with Crippen molar-refractivity contribution >= 4 is 11.0 Å². The van der Waals surface area contributed by atoms with Gasteiger partial charge >= 0.3 is 0 Å². The van der Waals surface area contributed by atoms with Gasteiger partial charge in [-0.25, -0.2) is 13.8 Å². The summed E-state index contributed by atoms with van der Waals surface area (Å²) in [7, 11) is 0. The second-order valence-corrected chi connectivity index (χ2v) is 5.00. The average Bonchev–Trinajstić information content (AvgIpc) is 2.79. The van der Waals surface area contributed by atoms with Crippen LogP contribution in [0.1, 0.15) is 11.7 Å². The van der Waals surface area contributed by atoms with E-state index in [0.29, 0.717) is 6.20 Å². The molecule has 0 spiro atoms. The number of aliphatic hydroxyl groups excluding tert-OH is 3. The molecule has 9 heteroatoms. The molecule has 1 aliphatic heterocycles. The molecule has 0 saturated carbocycles. The van der Waals surface area contributed by atoms with Gasteiger partial charge in [-0.2, -0.15) is 0 Å². The molecule has 0 aromatic carbocycles. The number of nitrogens with one attached hydrogen (secondary N) is 1. The third-order valence-electron chi connectivity index (χ3n) is 3.65. The highest BCUT2D eigenvalue weighted by Gasteiger charge is 2.44. The van der Waals surface area contributed by atoms with Crippen molar-refractivity contribution in [2.24, 2.45) is 0 Å². The first kappa shape index (κ1) is 15.0. The summed E-state index contributed by atoms with van der Waals surface area (Å²) in [4.78, 5) is 17.9. The zero-order valence-electron chi connectivity index (χ0n) is 11.0. The van der Waals surface area contributed by atoms with Crippen molar-refractivity contribution in [3.05, 3.63) is 39.8 Å². The van der Waals surface area contributed by atoms with Crippen LogP contribution in [0.2, 0.25) is 0 Å². The van der Waals surface area contributed by atoms with Crippen LogP contribution in [0.3, 0.4) is 0 Å². The van der Waals surface area contributed by atoms with Gasteiger partial charge in [-0.05, 0) is 6.07 Å². The van der Waals surface area contributed by atoms with Crippen molar-refractivity contribution in [2.75, 3.05) is 6.61 Å². The Bertz CT molecular complexity index is 781. The van der Waals surface area contributed by atoms with Crippen molar-refractivity contribution < 1.29 is 28.8 Å². The summed E-state index contributed by atoms with van der Waals surface area (Å²) in [5.74, 6) is -2.39. The number of aromatic nitrogens is 2. The lowest BCUT2D eigenvalue weighted by molar-refractivity contribution is -0.0231. The summed E-state index contributed by atoms with van der Waals surface area (Å²) in [5, 5.41) is 28.4. The minimum Gasteiger partial charge on any atom is -0.394 e. The number of H-pyrrole nitrogens is 1. The number of aromatic amines is 1. The molecule has 3 rings (SSSR count). The van der Waals surface area contributed by atoms with Gasteiger partial charge in [-0.15, -0.1) is 0 Å². The first-order chi connectivity index (χ1) is 10.4. The maximum atomic E-state index is 13.8. The van der Waals surface area contributed by atoms with E-state index < -0.39 is 48.2 Å². The van der Waals surface area contributed by atoms with E-state index in [1.807, 2.05) is 0 Å². The van der Waals surface area contributed by atoms with Crippen molar-refractivity contribution in [3.63, 3.8) is 0 Å². The molecule has 0 bridgehead atoms. The fourth-order valence-corrected chi connectivity index (χ4v) is 2.48. The predicted octanol–water partition coefficient (Wildman–Crippen LogP) is -0.645. The third-order valence-corrected chi connectivity index (χ3v) is 3.65. The Hall–Kier alpha value is -1.94. The summed E-state index contributed by atoms with van der Waals surface area (Å²) in [6.45, 7) is -0.565. The van der Waals surface area contributed by atoms with Gasteiger partial charge in [0.05, 0.1) is 18.2 Å². The van der Waals surface area contributed by atoms with Crippen LogP contribution in [0.15, 0.2) is 17.1 Å². The lowest BCUT2D eigenvalue weighted by Gasteiger charge is -2.14. The molecular formula is C13H12F2N2O5. The lowest BCUT2D eigenvalue weighted by atomic mass is 10.0. The smallest absolute Gasteiger partial charge is 0.255 e. The van der Waals surface area contributed by atoms with Crippen molar-refractivity contribution in [1.29, 1.82) is 0 Å². The summed E-state index contributed by atoms with van der Waals surface area (Å²) in [6.07, 6.45) is -4.60. The van der Waals surface area contributed by atoms with Gasteiger partial charge in [0.15, 0.2) is 11.6 Å². The summed E-state index contributed by atoms with van der Waals surface area (Å²) < 4.78 is 32.2. The van der Waals surface area contributed by atoms with E-state index >= 15 is 0 Å². The molecule has 2 unspecified atom stereocenters. The van der Waals surface area contributed by atoms with E-state index in [2.05, 4.69) is 9.97 Å². The number of pyridine rings is 2. The Morgan fingerprint density at radius 3 is 2.68 bits per heavy atom. The van der Waals surface area contributed by atoms with Crippen LogP contribution < -0.4 is 5.56 Å². The molecule has 0 aliphatic carbocycles. The second kappa shape index (κ2) is 5.36. The second-order valence-electron chi connectivity index (χ2n) is 5.00. The van der Waals surface area contributed by atoms with Crippen LogP contribution in [0.4, 0.5) is 8.78 Å². The standard InChI is InChI=1S/C13H12F2N2O5/c14-6-2-16-12-4(8(6)15)1-5(13(21)17-12)11-10(20)9(19)7(3-18)22-11/h1-2,7,9-11,18-20H,3H2,(H,16,17,21)/t7-,9?,10?,11+/m1/s1. The van der Waals surface area contributed by atoms with E-state index in [1.165, 1.54) is 0 Å². The molecule has 4 N–H and O–H groups in total. The number of fused-ring (bicyclic) bond motifs is 1. The van der Waals surface area contributed by atoms with E-state index in [0.717, 1.165) is 6.07 Å². The van der Waals surface area contributed by atoms with E-state index in [9.17, 15) is 23.8 Å². The maximum Gasteiger partial charge on any atom is 0.255 e. The van der Waals surface area contributed by atoms with Gasteiger partial charge in [0.25, 0.3) is 5.56 Å². The topological polar surface area (TPSA) is 116 Å². The van der Waals surface area contributed by atoms with Crippen molar-refractivity contribution in [2.45, 2.75) is 24.4 Å². The molecule has 0 radical (unpaired) electrons. The van der Waals surface area contributed by atoms with Gasteiger partial charge in [0.1, 0.15) is 30.1 Å². The molecule has 2 aromatic rings. The van der Waals surface area contributed by atoms with Crippen LogP contribution in [0.25, 0.3) is 11.0 Å². The molecule has 118 valence electrons. The number of hydrogen-bond donors (Lipinski definition) is 4. The molecule has 3 heterocycles. The zero-order valence-corrected chi connectivity index (χ0v) is 11.0. The minimum atomic E-state index is -1.49. The number of nitrogens with zero attached hydrogens (tertiary/aromatic N) is 1. The highest BCUT2D eigenvalue weighted by molar-refractivity contribution is 5.75. The Labute approximate surface area is 121 Å². The zero-order chi connectivity index (χ0) is 16.0. The van der Waals surface area contributed by atoms with Crippen molar-refractivity contribution in [3.8, 4) is 0 Å². The largest absolute Gasteiger partial charge is 0.394 e. The fourth-order valence-electron chi connectivity index (χ4n) is 2.48.